The maximum atomic E-state index is 14.1. The first-order valence-electron chi connectivity index (χ1n) is 21.9. The highest BCUT2D eigenvalue weighted by Crippen LogP contribution is 2.44. The molecule has 2 fully saturated rings. The van der Waals surface area contributed by atoms with Crippen molar-refractivity contribution in [3.8, 4) is 28.1 Å². The molecule has 16 heteroatoms. The number of hydrogen-bond acceptors (Lipinski definition) is 10. The smallest absolute Gasteiger partial charge is 0.407 e. The van der Waals surface area contributed by atoms with Gasteiger partial charge in [-0.2, -0.15) is 0 Å². The van der Waals surface area contributed by atoms with E-state index in [2.05, 4.69) is 63.9 Å². The second kappa shape index (κ2) is 17.9. The number of aromatic amines is 2. The number of benzene rings is 3. The van der Waals surface area contributed by atoms with E-state index < -0.39 is 24.3 Å². The van der Waals surface area contributed by atoms with Gasteiger partial charge >= 0.3 is 12.2 Å². The minimum atomic E-state index is -0.762. The first-order chi connectivity index (χ1) is 30.3. The fourth-order valence-electron chi connectivity index (χ4n) is 9.54. The minimum absolute atomic E-state index is 0.0791. The molecule has 0 bridgehead atoms. The number of carbonyl (C=O) groups is 4. The van der Waals surface area contributed by atoms with Crippen LogP contribution in [0.2, 0.25) is 0 Å². The van der Waals surface area contributed by atoms with Crippen LogP contribution in [0.5, 0.6) is 5.75 Å². The summed E-state index contributed by atoms with van der Waals surface area (Å²) in [5, 5.41) is 7.43. The summed E-state index contributed by atoms with van der Waals surface area (Å²) in [7, 11) is 4.25. The third-order valence-electron chi connectivity index (χ3n) is 13.1. The van der Waals surface area contributed by atoms with Crippen LogP contribution in [-0.2, 0) is 30.4 Å². The Morgan fingerprint density at radius 2 is 1.57 bits per heavy atom. The standard InChI is InChI=1S/C47H58N8O8/c1-9-26(5)40(53-47(59)62-8)45(57)54-20-25(4)14-36(54)42-48-19-35(50-42)29-10-12-31-30(16-29)23-63-38-18-32-28(17-33(31)38)11-13-34-41(32)51-43(49-34)37-15-27(22-60-6)21-55(37)44(56)39(24(2)3)52-46(58)61-7/h10-13,16-19,24-27,36-37,39-40H,9,14-15,20-23H2,1-8H3,(H,48,50)(H,49,51)(H,52,58)(H,53,59)/t25-,26-,27?,36-,37-,39?,40?/m0/s1. The van der Waals surface area contributed by atoms with E-state index in [4.69, 9.17) is 28.9 Å². The van der Waals surface area contributed by atoms with Crippen LogP contribution < -0.4 is 15.4 Å². The SMILES string of the molecule is CC[C@H](C)C(NC(=O)OC)C(=O)N1C[C@@H](C)C[C@H]1c1ncc(-c2ccc3c(c2)COc2cc4c(ccc5[nH]c([C@@H]6CC(COC)CN6C(=O)C(NC(=O)OC)C(C)C)nc54)cc2-3)[nH]1. The molecule has 3 aliphatic rings. The average molecular weight is 863 g/mol. The minimum Gasteiger partial charge on any atom is -0.488 e. The van der Waals surface area contributed by atoms with Gasteiger partial charge in [0.25, 0.3) is 0 Å². The quantitative estimate of drug-likeness (QED) is 0.0992. The Hall–Kier alpha value is -6.16. The van der Waals surface area contributed by atoms with E-state index in [-0.39, 0.29) is 47.6 Å². The van der Waals surface area contributed by atoms with E-state index >= 15 is 0 Å². The second-order valence-electron chi connectivity index (χ2n) is 17.8. The van der Waals surface area contributed by atoms with Crippen LogP contribution in [0.15, 0.2) is 48.7 Å². The molecule has 0 aliphatic carbocycles. The number of carbonyl (C=O) groups excluding carboxylic acids is 4. The molecule has 3 aliphatic heterocycles. The predicted molar refractivity (Wildman–Crippen MR) is 237 cm³/mol. The molecule has 63 heavy (non-hydrogen) atoms. The summed E-state index contributed by atoms with van der Waals surface area (Å²) in [6.45, 7) is 11.8. The maximum absolute atomic E-state index is 14.1. The molecule has 0 radical (unpaired) electrons. The van der Waals surface area contributed by atoms with Crippen molar-refractivity contribution in [2.75, 3.05) is 41.0 Å². The van der Waals surface area contributed by atoms with Crippen molar-refractivity contribution in [1.82, 2.24) is 40.4 Å². The number of nitrogens with zero attached hydrogens (tertiary/aromatic N) is 4. The number of imidazole rings is 2. The highest BCUT2D eigenvalue weighted by atomic mass is 16.5. The first-order valence-corrected chi connectivity index (χ1v) is 21.9. The Balaban J connectivity index is 1.05. The zero-order chi connectivity index (χ0) is 44.7. The normalized spacial score (nSPS) is 20.8. The number of fused-ring (bicyclic) bond motifs is 6. The number of nitrogens with one attached hydrogen (secondary N) is 4. The molecule has 0 spiro atoms. The maximum Gasteiger partial charge on any atom is 0.407 e. The molecule has 2 saturated heterocycles. The van der Waals surface area contributed by atoms with Gasteiger partial charge in [-0.15, -0.1) is 0 Å². The zero-order valence-electron chi connectivity index (χ0n) is 37.2. The molecule has 5 heterocycles. The number of rotatable bonds is 12. The van der Waals surface area contributed by atoms with Crippen molar-refractivity contribution in [1.29, 1.82) is 0 Å². The molecule has 5 aromatic rings. The molecular formula is C47H58N8O8. The lowest BCUT2D eigenvalue weighted by Gasteiger charge is -2.30. The number of methoxy groups -OCH3 is 3. The van der Waals surface area contributed by atoms with E-state index in [0.29, 0.717) is 44.4 Å². The monoisotopic (exact) mass is 862 g/mol. The van der Waals surface area contributed by atoms with E-state index in [1.165, 1.54) is 14.2 Å². The molecule has 7 atom stereocenters. The lowest BCUT2D eigenvalue weighted by atomic mass is 9.92. The Morgan fingerprint density at radius 3 is 2.29 bits per heavy atom. The molecule has 2 aromatic heterocycles. The molecule has 16 nitrogen and oxygen atoms in total. The molecule has 3 unspecified atom stereocenters. The number of aromatic nitrogens is 4. The van der Waals surface area contributed by atoms with Gasteiger partial charge in [-0.25, -0.2) is 19.6 Å². The Morgan fingerprint density at radius 1 is 0.857 bits per heavy atom. The van der Waals surface area contributed by atoms with Crippen LogP contribution in [0, 0.1) is 23.7 Å². The topological polar surface area (TPSA) is 193 Å². The number of H-pyrrole nitrogens is 2. The van der Waals surface area contributed by atoms with Gasteiger partial charge in [0, 0.05) is 37.1 Å². The predicted octanol–water partition coefficient (Wildman–Crippen LogP) is 7.26. The lowest BCUT2D eigenvalue weighted by Crippen LogP contribution is -2.51. The van der Waals surface area contributed by atoms with E-state index in [1.807, 2.05) is 49.8 Å². The molecule has 4 N–H and O–H groups in total. The zero-order valence-corrected chi connectivity index (χ0v) is 37.2. The van der Waals surface area contributed by atoms with Crippen molar-refractivity contribution in [3.63, 3.8) is 0 Å². The van der Waals surface area contributed by atoms with E-state index in [9.17, 15) is 19.2 Å². The van der Waals surface area contributed by atoms with Crippen molar-refractivity contribution in [3.05, 3.63) is 65.9 Å². The first kappa shape index (κ1) is 43.5. The largest absolute Gasteiger partial charge is 0.488 e. The summed E-state index contributed by atoms with van der Waals surface area (Å²) < 4.78 is 21.6. The number of alkyl carbamates (subject to hydrolysis) is 2. The van der Waals surface area contributed by atoms with E-state index in [0.717, 1.165) is 68.3 Å². The van der Waals surface area contributed by atoms with Crippen LogP contribution in [0.3, 0.4) is 0 Å². The van der Waals surface area contributed by atoms with Gasteiger partial charge in [-0.3, -0.25) is 9.59 Å². The Kier molecular flexibility index (Phi) is 12.4. The van der Waals surface area contributed by atoms with Crippen molar-refractivity contribution >= 4 is 45.8 Å². The third-order valence-corrected chi connectivity index (χ3v) is 13.1. The summed E-state index contributed by atoms with van der Waals surface area (Å²) in [6.07, 6.45) is 2.67. The fraction of sp³-hybridized carbons (Fsp3) is 0.489. The van der Waals surface area contributed by atoms with Crippen molar-refractivity contribution < 1.29 is 38.1 Å². The van der Waals surface area contributed by atoms with Gasteiger partial charge in [0.05, 0.1) is 55.8 Å². The van der Waals surface area contributed by atoms with Gasteiger partial charge in [-0.1, -0.05) is 59.2 Å². The van der Waals surface area contributed by atoms with Crippen LogP contribution in [-0.4, -0.2) is 107 Å². The number of hydrogen-bond donors (Lipinski definition) is 4. The average Bonchev–Trinajstić information content (AvgIpc) is 4.11. The van der Waals surface area contributed by atoms with Gasteiger partial charge in [0.15, 0.2) is 0 Å². The van der Waals surface area contributed by atoms with Crippen LogP contribution in [0.25, 0.3) is 44.2 Å². The molecular weight excluding hydrogens is 805 g/mol. The molecule has 4 amide bonds. The molecule has 3 aromatic carbocycles. The number of ether oxygens (including phenoxy) is 4. The van der Waals surface area contributed by atoms with Gasteiger partial charge in [0.1, 0.15) is 36.1 Å². The van der Waals surface area contributed by atoms with Crippen molar-refractivity contribution in [2.24, 2.45) is 23.7 Å². The Bertz CT molecular complexity index is 2530. The number of amides is 4. The van der Waals surface area contributed by atoms with E-state index in [1.54, 1.807) is 7.11 Å². The summed E-state index contributed by atoms with van der Waals surface area (Å²) in [4.78, 5) is 73.1. The molecule has 0 saturated carbocycles. The van der Waals surface area contributed by atoms with Crippen molar-refractivity contribution in [2.45, 2.75) is 84.7 Å². The molecule has 8 rings (SSSR count). The summed E-state index contributed by atoms with van der Waals surface area (Å²) in [5.74, 6) is 1.93. The highest BCUT2D eigenvalue weighted by molar-refractivity contribution is 6.07. The summed E-state index contributed by atoms with van der Waals surface area (Å²) >= 11 is 0. The van der Waals surface area contributed by atoms with Gasteiger partial charge in [0.2, 0.25) is 11.8 Å². The molecule has 334 valence electrons. The third kappa shape index (κ3) is 8.40. The van der Waals surface area contributed by atoms with Gasteiger partial charge < -0.3 is 49.3 Å². The summed E-state index contributed by atoms with van der Waals surface area (Å²) in [6, 6.07) is 12.5. The van der Waals surface area contributed by atoms with Crippen LogP contribution >= 0.6 is 0 Å². The van der Waals surface area contributed by atoms with Crippen LogP contribution in [0.4, 0.5) is 9.59 Å². The highest BCUT2D eigenvalue weighted by Gasteiger charge is 2.43. The number of likely N-dealkylation sites (tertiary alicyclic amines) is 2. The Labute approximate surface area is 366 Å². The summed E-state index contributed by atoms with van der Waals surface area (Å²) in [5.41, 5.74) is 6.51. The lowest BCUT2D eigenvalue weighted by molar-refractivity contribution is -0.136. The second-order valence-corrected chi connectivity index (χ2v) is 17.8. The van der Waals surface area contributed by atoms with Gasteiger partial charge in [-0.05, 0) is 76.9 Å². The fourth-order valence-corrected chi connectivity index (χ4v) is 9.54. The van der Waals surface area contributed by atoms with Crippen LogP contribution in [0.1, 0.15) is 83.2 Å².